The quantitative estimate of drug-likeness (QED) is 0.626. The zero-order valence-corrected chi connectivity index (χ0v) is 11.7. The highest BCUT2D eigenvalue weighted by atomic mass is 16.3. The van der Waals surface area contributed by atoms with Crippen LogP contribution in [0.4, 0.5) is 0 Å². The van der Waals surface area contributed by atoms with Gasteiger partial charge in [0.1, 0.15) is 0 Å². The number of hydrogen-bond donors (Lipinski definition) is 3. The van der Waals surface area contributed by atoms with E-state index in [0.717, 1.165) is 18.4 Å². The van der Waals surface area contributed by atoms with E-state index in [4.69, 9.17) is 0 Å². The first-order chi connectivity index (χ1) is 8.20. The molecule has 2 saturated carbocycles. The second-order valence-corrected chi connectivity index (χ2v) is 6.78. The normalized spacial score (nSPS) is 49.3. The van der Waals surface area contributed by atoms with E-state index < -0.39 is 17.3 Å². The average Bonchev–Trinajstić information content (AvgIpc) is 2.64. The zero-order chi connectivity index (χ0) is 13.7. The van der Waals surface area contributed by atoms with E-state index in [-0.39, 0.29) is 17.8 Å². The molecule has 0 aromatic carbocycles. The molecule has 0 aliphatic heterocycles. The number of aliphatic hydroxyl groups is 3. The Morgan fingerprint density at radius 3 is 2.44 bits per heavy atom. The van der Waals surface area contributed by atoms with Crippen LogP contribution < -0.4 is 0 Å². The fourth-order valence-electron chi connectivity index (χ4n) is 3.84. The standard InChI is InChI=1S/C15H26O3/c1-9(2)15(18)8-7-14(4,17)11-6-5-10(3)12(11)13(15)16/h9,11-13,16-18H,3,5-8H2,1-2,4H3/t11-,12-,13+,14+,15+/m1/s1. The van der Waals surface area contributed by atoms with Crippen molar-refractivity contribution in [2.24, 2.45) is 17.8 Å². The molecule has 3 nitrogen and oxygen atoms in total. The summed E-state index contributed by atoms with van der Waals surface area (Å²) in [5, 5.41) is 32.0. The smallest absolute Gasteiger partial charge is 0.0935 e. The molecule has 2 fully saturated rings. The van der Waals surface area contributed by atoms with Gasteiger partial charge in [0.15, 0.2) is 0 Å². The summed E-state index contributed by atoms with van der Waals surface area (Å²) in [5.41, 5.74) is -0.949. The summed E-state index contributed by atoms with van der Waals surface area (Å²) in [7, 11) is 0. The van der Waals surface area contributed by atoms with Gasteiger partial charge in [-0.1, -0.05) is 26.0 Å². The van der Waals surface area contributed by atoms with E-state index in [2.05, 4.69) is 6.58 Å². The molecule has 3 heteroatoms. The third-order valence-corrected chi connectivity index (χ3v) is 5.36. The SMILES string of the molecule is C=C1CC[C@@H]2[C@@H]1[C@H](O)[C@@](O)(C(C)C)CC[C@]2(C)O. The molecule has 0 saturated heterocycles. The van der Waals surface area contributed by atoms with Crippen LogP contribution in [0.2, 0.25) is 0 Å². The first kappa shape index (κ1) is 14.0. The molecule has 0 bridgehead atoms. The molecule has 104 valence electrons. The molecule has 5 atom stereocenters. The van der Waals surface area contributed by atoms with Crippen molar-refractivity contribution in [2.75, 3.05) is 0 Å². The van der Waals surface area contributed by atoms with Crippen molar-refractivity contribution in [1.29, 1.82) is 0 Å². The molecule has 0 spiro atoms. The maximum absolute atomic E-state index is 10.8. The van der Waals surface area contributed by atoms with Gasteiger partial charge in [-0.05, 0) is 44.4 Å². The molecular weight excluding hydrogens is 228 g/mol. The lowest BCUT2D eigenvalue weighted by Gasteiger charge is -2.39. The lowest BCUT2D eigenvalue weighted by atomic mass is 9.74. The van der Waals surface area contributed by atoms with Gasteiger partial charge in [0, 0.05) is 5.92 Å². The minimum atomic E-state index is -1.11. The first-order valence-corrected chi connectivity index (χ1v) is 7.00. The molecule has 0 aromatic rings. The number of fused-ring (bicyclic) bond motifs is 1. The van der Waals surface area contributed by atoms with Gasteiger partial charge in [-0.2, -0.15) is 0 Å². The van der Waals surface area contributed by atoms with E-state index in [0.29, 0.717) is 12.8 Å². The molecule has 0 heterocycles. The maximum atomic E-state index is 10.8. The Kier molecular flexibility index (Phi) is 3.37. The fraction of sp³-hybridized carbons (Fsp3) is 0.867. The Balaban J connectivity index is 2.42. The highest BCUT2D eigenvalue weighted by molar-refractivity contribution is 5.19. The van der Waals surface area contributed by atoms with Crippen LogP contribution in [0, 0.1) is 17.8 Å². The summed E-state index contributed by atoms with van der Waals surface area (Å²) in [6, 6.07) is 0. The largest absolute Gasteiger partial charge is 0.390 e. The Morgan fingerprint density at radius 2 is 1.89 bits per heavy atom. The molecule has 0 amide bonds. The summed E-state index contributed by atoms with van der Waals surface area (Å²) in [5.74, 6) is -0.182. The predicted molar refractivity (Wildman–Crippen MR) is 71.0 cm³/mol. The van der Waals surface area contributed by atoms with E-state index >= 15 is 0 Å². The highest BCUT2D eigenvalue weighted by Gasteiger charge is 2.55. The monoisotopic (exact) mass is 254 g/mol. The van der Waals surface area contributed by atoms with Crippen molar-refractivity contribution in [2.45, 2.75) is 63.8 Å². The van der Waals surface area contributed by atoms with Crippen molar-refractivity contribution in [3.63, 3.8) is 0 Å². The lowest BCUT2D eigenvalue weighted by Crippen LogP contribution is -2.50. The zero-order valence-electron chi connectivity index (χ0n) is 11.7. The van der Waals surface area contributed by atoms with Crippen LogP contribution in [-0.4, -0.2) is 32.6 Å². The van der Waals surface area contributed by atoms with Gasteiger partial charge >= 0.3 is 0 Å². The summed E-state index contributed by atoms with van der Waals surface area (Å²) in [4.78, 5) is 0. The molecule has 3 N–H and O–H groups in total. The van der Waals surface area contributed by atoms with Crippen molar-refractivity contribution in [3.8, 4) is 0 Å². The fourth-order valence-corrected chi connectivity index (χ4v) is 3.84. The van der Waals surface area contributed by atoms with Crippen LogP contribution in [0.5, 0.6) is 0 Å². The van der Waals surface area contributed by atoms with Gasteiger partial charge in [-0.3, -0.25) is 0 Å². The van der Waals surface area contributed by atoms with Crippen LogP contribution in [0.15, 0.2) is 12.2 Å². The summed E-state index contributed by atoms with van der Waals surface area (Å²) in [6.45, 7) is 9.73. The van der Waals surface area contributed by atoms with Crippen molar-refractivity contribution >= 4 is 0 Å². The van der Waals surface area contributed by atoms with Crippen LogP contribution in [0.25, 0.3) is 0 Å². The summed E-state index contributed by atoms with van der Waals surface area (Å²) in [6.07, 6.45) is 1.87. The Hall–Kier alpha value is -0.380. The van der Waals surface area contributed by atoms with Crippen molar-refractivity contribution in [3.05, 3.63) is 12.2 Å². The van der Waals surface area contributed by atoms with Gasteiger partial charge in [-0.25, -0.2) is 0 Å². The second kappa shape index (κ2) is 4.32. The van der Waals surface area contributed by atoms with Gasteiger partial charge in [0.25, 0.3) is 0 Å². The van der Waals surface area contributed by atoms with Gasteiger partial charge < -0.3 is 15.3 Å². The summed E-state index contributed by atoms with van der Waals surface area (Å²) >= 11 is 0. The minimum Gasteiger partial charge on any atom is -0.390 e. The van der Waals surface area contributed by atoms with Gasteiger partial charge in [0.05, 0.1) is 17.3 Å². The molecular formula is C15H26O3. The highest BCUT2D eigenvalue weighted by Crippen LogP contribution is 2.51. The second-order valence-electron chi connectivity index (χ2n) is 6.78. The summed E-state index contributed by atoms with van der Waals surface area (Å²) < 4.78 is 0. The molecule has 0 unspecified atom stereocenters. The molecule has 2 aliphatic rings. The van der Waals surface area contributed by atoms with E-state index in [9.17, 15) is 15.3 Å². The van der Waals surface area contributed by atoms with Crippen LogP contribution in [-0.2, 0) is 0 Å². The molecule has 0 radical (unpaired) electrons. The number of hydrogen-bond acceptors (Lipinski definition) is 3. The Labute approximate surface area is 110 Å². The maximum Gasteiger partial charge on any atom is 0.0935 e. The molecule has 2 aliphatic carbocycles. The van der Waals surface area contributed by atoms with Crippen molar-refractivity contribution < 1.29 is 15.3 Å². The van der Waals surface area contributed by atoms with E-state index in [1.165, 1.54) is 0 Å². The third kappa shape index (κ3) is 1.93. The Morgan fingerprint density at radius 1 is 1.28 bits per heavy atom. The number of aliphatic hydroxyl groups excluding tert-OH is 1. The topological polar surface area (TPSA) is 60.7 Å². The molecule has 2 rings (SSSR count). The number of rotatable bonds is 1. The van der Waals surface area contributed by atoms with E-state index in [1.807, 2.05) is 20.8 Å². The molecule has 18 heavy (non-hydrogen) atoms. The third-order valence-electron chi connectivity index (χ3n) is 5.36. The first-order valence-electron chi connectivity index (χ1n) is 7.00. The minimum absolute atomic E-state index is 0.0211. The molecule has 0 aromatic heterocycles. The van der Waals surface area contributed by atoms with Gasteiger partial charge in [0.2, 0.25) is 0 Å². The van der Waals surface area contributed by atoms with Gasteiger partial charge in [-0.15, -0.1) is 0 Å². The lowest BCUT2D eigenvalue weighted by molar-refractivity contribution is -0.125. The van der Waals surface area contributed by atoms with Crippen molar-refractivity contribution in [1.82, 2.24) is 0 Å². The Bertz CT molecular complexity index is 348. The van der Waals surface area contributed by atoms with Crippen LogP contribution in [0.3, 0.4) is 0 Å². The average molecular weight is 254 g/mol. The van der Waals surface area contributed by atoms with Crippen LogP contribution in [0.1, 0.15) is 46.5 Å². The van der Waals surface area contributed by atoms with Crippen LogP contribution >= 0.6 is 0 Å². The van der Waals surface area contributed by atoms with E-state index in [1.54, 1.807) is 0 Å². The predicted octanol–water partition coefficient (Wildman–Crippen LogP) is 1.86.